The molecule has 0 fully saturated rings. The van der Waals surface area contributed by atoms with Crippen LogP contribution < -0.4 is 5.32 Å². The largest absolute Gasteiger partial charge is 0.481 e. The number of amides is 1. The van der Waals surface area contributed by atoms with Crippen molar-refractivity contribution in [3.05, 3.63) is 17.8 Å². The standard InChI is InChI=1S/C11H16N2O4/c1-4-11(3,5-8(14)15)13-10(16)9-7(2)17-6-12-9/h6H,4-5H2,1-3H3,(H,13,16)(H,14,15)/t11-/m1/s1. The molecule has 0 saturated carbocycles. The molecule has 17 heavy (non-hydrogen) atoms. The molecule has 1 aromatic rings. The Morgan fingerprint density at radius 2 is 2.24 bits per heavy atom. The van der Waals surface area contributed by atoms with Crippen molar-refractivity contribution < 1.29 is 19.1 Å². The van der Waals surface area contributed by atoms with Gasteiger partial charge in [-0.15, -0.1) is 0 Å². The molecule has 94 valence electrons. The molecular weight excluding hydrogens is 224 g/mol. The van der Waals surface area contributed by atoms with Gasteiger partial charge in [0.2, 0.25) is 0 Å². The first kappa shape index (κ1) is 13.2. The number of carboxylic acid groups (broad SMARTS) is 1. The predicted molar refractivity (Wildman–Crippen MR) is 59.7 cm³/mol. The molecule has 1 amide bonds. The summed E-state index contributed by atoms with van der Waals surface area (Å²) in [5, 5.41) is 11.5. The molecule has 0 spiro atoms. The van der Waals surface area contributed by atoms with Crippen LogP contribution in [0.4, 0.5) is 0 Å². The maximum absolute atomic E-state index is 11.9. The van der Waals surface area contributed by atoms with Crippen molar-refractivity contribution in [2.24, 2.45) is 0 Å². The van der Waals surface area contributed by atoms with E-state index in [4.69, 9.17) is 9.52 Å². The second kappa shape index (κ2) is 4.99. The predicted octanol–water partition coefficient (Wildman–Crippen LogP) is 1.36. The van der Waals surface area contributed by atoms with Gasteiger partial charge in [-0.1, -0.05) is 6.92 Å². The van der Waals surface area contributed by atoms with Gasteiger partial charge < -0.3 is 14.8 Å². The number of carboxylic acids is 1. The minimum Gasteiger partial charge on any atom is -0.481 e. The number of hydrogen-bond acceptors (Lipinski definition) is 4. The second-order valence-electron chi connectivity index (χ2n) is 4.20. The van der Waals surface area contributed by atoms with Gasteiger partial charge in [0.1, 0.15) is 5.76 Å². The first-order valence-electron chi connectivity index (χ1n) is 5.32. The summed E-state index contributed by atoms with van der Waals surface area (Å²) in [7, 11) is 0. The molecule has 0 aliphatic carbocycles. The number of aliphatic carboxylic acids is 1. The van der Waals surface area contributed by atoms with Crippen LogP contribution in [0.15, 0.2) is 10.8 Å². The van der Waals surface area contributed by atoms with Crippen molar-refractivity contribution >= 4 is 11.9 Å². The number of oxazole rings is 1. The third kappa shape index (κ3) is 3.30. The molecular formula is C11H16N2O4. The fourth-order valence-corrected chi connectivity index (χ4v) is 1.45. The Labute approximate surface area is 99.0 Å². The zero-order valence-corrected chi connectivity index (χ0v) is 10.1. The number of rotatable bonds is 5. The minimum atomic E-state index is -0.952. The minimum absolute atomic E-state index is 0.133. The molecule has 1 heterocycles. The van der Waals surface area contributed by atoms with Crippen LogP contribution in [-0.4, -0.2) is 27.5 Å². The van der Waals surface area contributed by atoms with E-state index in [0.717, 1.165) is 0 Å². The van der Waals surface area contributed by atoms with Gasteiger partial charge in [-0.2, -0.15) is 0 Å². The number of hydrogen-bond donors (Lipinski definition) is 2. The first-order valence-corrected chi connectivity index (χ1v) is 5.32. The van der Waals surface area contributed by atoms with E-state index in [1.807, 2.05) is 6.92 Å². The smallest absolute Gasteiger partial charge is 0.305 e. The average molecular weight is 240 g/mol. The fraction of sp³-hybridized carbons (Fsp3) is 0.545. The second-order valence-corrected chi connectivity index (χ2v) is 4.20. The van der Waals surface area contributed by atoms with Gasteiger partial charge in [-0.05, 0) is 20.3 Å². The molecule has 6 nitrogen and oxygen atoms in total. The molecule has 0 aliphatic rings. The van der Waals surface area contributed by atoms with Crippen molar-refractivity contribution in [2.45, 2.75) is 39.2 Å². The Hall–Kier alpha value is -1.85. The van der Waals surface area contributed by atoms with Crippen molar-refractivity contribution in [3.63, 3.8) is 0 Å². The van der Waals surface area contributed by atoms with Gasteiger partial charge in [0.05, 0.1) is 6.42 Å². The summed E-state index contributed by atoms with van der Waals surface area (Å²) in [6.07, 6.45) is 1.57. The van der Waals surface area contributed by atoms with Crippen LogP contribution >= 0.6 is 0 Å². The molecule has 1 atom stereocenters. The van der Waals surface area contributed by atoms with Crippen LogP contribution in [0, 0.1) is 6.92 Å². The number of carbonyl (C=O) groups excluding carboxylic acids is 1. The summed E-state index contributed by atoms with van der Waals surface area (Å²) in [5.41, 5.74) is -0.594. The molecule has 6 heteroatoms. The Morgan fingerprint density at radius 1 is 1.59 bits per heavy atom. The number of carbonyl (C=O) groups is 2. The number of aromatic nitrogens is 1. The maximum Gasteiger partial charge on any atom is 0.305 e. The third-order valence-electron chi connectivity index (χ3n) is 2.70. The van der Waals surface area contributed by atoms with Crippen LogP contribution in [0.25, 0.3) is 0 Å². The molecule has 2 N–H and O–H groups in total. The van der Waals surface area contributed by atoms with Crippen LogP contribution in [0.3, 0.4) is 0 Å². The van der Waals surface area contributed by atoms with Crippen molar-refractivity contribution in [1.82, 2.24) is 10.3 Å². The summed E-state index contributed by atoms with van der Waals surface area (Å²) >= 11 is 0. The third-order valence-corrected chi connectivity index (χ3v) is 2.70. The zero-order chi connectivity index (χ0) is 13.1. The lowest BCUT2D eigenvalue weighted by atomic mass is 9.94. The van der Waals surface area contributed by atoms with E-state index in [2.05, 4.69) is 10.3 Å². The molecule has 0 aromatic carbocycles. The van der Waals surface area contributed by atoms with Gasteiger partial charge in [0.15, 0.2) is 12.1 Å². The topological polar surface area (TPSA) is 92.4 Å². The summed E-state index contributed by atoms with van der Waals surface area (Å²) in [6, 6.07) is 0. The van der Waals surface area contributed by atoms with Gasteiger partial charge in [0, 0.05) is 5.54 Å². The maximum atomic E-state index is 11.9. The number of nitrogens with zero attached hydrogens (tertiary/aromatic N) is 1. The molecule has 1 rings (SSSR count). The van der Waals surface area contributed by atoms with E-state index < -0.39 is 17.4 Å². The van der Waals surface area contributed by atoms with Gasteiger partial charge in [0.25, 0.3) is 5.91 Å². The fourth-order valence-electron chi connectivity index (χ4n) is 1.45. The molecule has 1 aromatic heterocycles. The van der Waals surface area contributed by atoms with E-state index in [0.29, 0.717) is 12.2 Å². The van der Waals surface area contributed by atoms with Crippen molar-refractivity contribution in [3.8, 4) is 0 Å². The lowest BCUT2D eigenvalue weighted by molar-refractivity contribution is -0.138. The van der Waals surface area contributed by atoms with E-state index in [9.17, 15) is 9.59 Å². The zero-order valence-electron chi connectivity index (χ0n) is 10.1. The lowest BCUT2D eigenvalue weighted by Gasteiger charge is -2.27. The van der Waals surface area contributed by atoms with Crippen molar-refractivity contribution in [2.75, 3.05) is 0 Å². The van der Waals surface area contributed by atoms with Crippen LogP contribution in [-0.2, 0) is 4.79 Å². The van der Waals surface area contributed by atoms with E-state index in [-0.39, 0.29) is 12.1 Å². The highest BCUT2D eigenvalue weighted by atomic mass is 16.4. The van der Waals surface area contributed by atoms with Crippen LogP contribution in [0.5, 0.6) is 0 Å². The molecule has 0 unspecified atom stereocenters. The average Bonchev–Trinajstić information content (AvgIpc) is 2.63. The molecule has 0 aliphatic heterocycles. The summed E-state index contributed by atoms with van der Waals surface area (Å²) < 4.78 is 4.93. The molecule has 0 radical (unpaired) electrons. The van der Waals surface area contributed by atoms with Gasteiger partial charge >= 0.3 is 5.97 Å². The normalized spacial score (nSPS) is 14.1. The SMILES string of the molecule is CC[C@](C)(CC(=O)O)NC(=O)c1ncoc1C. The van der Waals surface area contributed by atoms with E-state index in [1.54, 1.807) is 13.8 Å². The van der Waals surface area contributed by atoms with E-state index in [1.165, 1.54) is 6.39 Å². The Kier molecular flexibility index (Phi) is 3.88. The Balaban J connectivity index is 2.79. The number of aryl methyl sites for hydroxylation is 1. The van der Waals surface area contributed by atoms with Crippen LogP contribution in [0.1, 0.15) is 42.9 Å². The van der Waals surface area contributed by atoms with Gasteiger partial charge in [-0.3, -0.25) is 9.59 Å². The summed E-state index contributed by atoms with van der Waals surface area (Å²) in [6.45, 7) is 5.13. The lowest BCUT2D eigenvalue weighted by Crippen LogP contribution is -2.47. The quantitative estimate of drug-likeness (QED) is 0.810. The van der Waals surface area contributed by atoms with Gasteiger partial charge in [-0.25, -0.2) is 4.98 Å². The first-order chi connectivity index (χ1) is 7.88. The summed E-state index contributed by atoms with van der Waals surface area (Å²) in [4.78, 5) is 26.4. The Bertz CT molecular complexity index is 427. The van der Waals surface area contributed by atoms with Crippen LogP contribution in [0.2, 0.25) is 0 Å². The molecule has 0 saturated heterocycles. The summed E-state index contributed by atoms with van der Waals surface area (Å²) in [5.74, 6) is -0.954. The van der Waals surface area contributed by atoms with Crippen molar-refractivity contribution in [1.29, 1.82) is 0 Å². The Morgan fingerprint density at radius 3 is 2.65 bits per heavy atom. The highest BCUT2D eigenvalue weighted by molar-refractivity contribution is 5.93. The highest BCUT2D eigenvalue weighted by Gasteiger charge is 2.29. The monoisotopic (exact) mass is 240 g/mol. The van der Waals surface area contributed by atoms with E-state index >= 15 is 0 Å². The highest BCUT2D eigenvalue weighted by Crippen LogP contribution is 2.16. The number of nitrogens with one attached hydrogen (secondary N) is 1. The molecule has 0 bridgehead atoms.